The van der Waals surface area contributed by atoms with Crippen LogP contribution >= 0.6 is 11.3 Å². The molecular weight excluding hydrogens is 280 g/mol. The van der Waals surface area contributed by atoms with Crippen molar-refractivity contribution in [3.05, 3.63) is 64.0 Å². The molecule has 21 heavy (non-hydrogen) atoms. The minimum Gasteiger partial charge on any atom is -0.388 e. The van der Waals surface area contributed by atoms with Crippen molar-refractivity contribution in [2.24, 2.45) is 0 Å². The lowest BCUT2D eigenvalue weighted by Gasteiger charge is -2.10. The van der Waals surface area contributed by atoms with Gasteiger partial charge in [0.2, 0.25) is 0 Å². The second kappa shape index (κ2) is 6.24. The second-order valence-electron chi connectivity index (χ2n) is 5.01. The van der Waals surface area contributed by atoms with Gasteiger partial charge in [-0.05, 0) is 24.1 Å². The fourth-order valence-corrected chi connectivity index (χ4v) is 3.40. The number of nitrogens with zero attached hydrogens (tertiary/aromatic N) is 1. The number of aliphatic hydroxyl groups is 1. The molecule has 3 aromatic rings. The number of aryl methyl sites for hydroxylation is 1. The Bertz CT molecular complexity index is 702. The number of rotatable bonds is 5. The summed E-state index contributed by atoms with van der Waals surface area (Å²) < 4.78 is 0. The van der Waals surface area contributed by atoms with Gasteiger partial charge in [-0.15, -0.1) is 11.3 Å². The van der Waals surface area contributed by atoms with E-state index in [1.54, 1.807) is 17.5 Å². The molecule has 0 aliphatic carbocycles. The predicted octanol–water partition coefficient (Wildman–Crippen LogP) is 3.98. The van der Waals surface area contributed by atoms with Crippen molar-refractivity contribution >= 4 is 11.3 Å². The third-order valence-corrected chi connectivity index (χ3v) is 4.80. The first-order valence-electron chi connectivity index (χ1n) is 7.12. The Labute approximate surface area is 128 Å². The topological polar surface area (TPSA) is 48.9 Å². The first-order valence-corrected chi connectivity index (χ1v) is 7.94. The summed E-state index contributed by atoms with van der Waals surface area (Å²) in [6.45, 7) is 2.15. The van der Waals surface area contributed by atoms with E-state index in [2.05, 4.69) is 29.3 Å². The number of H-pyrrole nitrogens is 1. The average Bonchev–Trinajstić information content (AvgIpc) is 3.17. The summed E-state index contributed by atoms with van der Waals surface area (Å²) in [5, 5.41) is 17.6. The van der Waals surface area contributed by atoms with Gasteiger partial charge < -0.3 is 5.11 Å². The molecule has 3 rings (SSSR count). The van der Waals surface area contributed by atoms with Crippen molar-refractivity contribution in [1.29, 1.82) is 0 Å². The number of benzene rings is 1. The van der Waals surface area contributed by atoms with Crippen molar-refractivity contribution in [2.75, 3.05) is 0 Å². The zero-order valence-electron chi connectivity index (χ0n) is 11.9. The molecule has 3 nitrogen and oxygen atoms in total. The zero-order valence-corrected chi connectivity index (χ0v) is 12.7. The molecule has 0 fully saturated rings. The van der Waals surface area contributed by atoms with Crippen molar-refractivity contribution in [3.8, 4) is 11.3 Å². The van der Waals surface area contributed by atoms with Gasteiger partial charge in [0.1, 0.15) is 0 Å². The maximum atomic E-state index is 10.5. The Balaban J connectivity index is 1.82. The summed E-state index contributed by atoms with van der Waals surface area (Å²) in [5.41, 5.74) is 2.80. The van der Waals surface area contributed by atoms with Crippen LogP contribution in [-0.2, 0) is 12.8 Å². The molecule has 0 saturated carbocycles. The number of hydrogen-bond acceptors (Lipinski definition) is 3. The minimum absolute atomic E-state index is 0.540. The number of aromatic nitrogens is 2. The molecule has 0 aliphatic heterocycles. The highest BCUT2D eigenvalue weighted by molar-refractivity contribution is 7.11. The van der Waals surface area contributed by atoms with E-state index in [4.69, 9.17) is 0 Å². The molecule has 2 heterocycles. The number of hydrogen-bond donors (Lipinski definition) is 2. The third-order valence-electron chi connectivity index (χ3n) is 3.55. The molecule has 2 N–H and O–H groups in total. The van der Waals surface area contributed by atoms with Gasteiger partial charge in [-0.2, -0.15) is 5.10 Å². The van der Waals surface area contributed by atoms with Crippen LogP contribution in [0, 0.1) is 0 Å². The Morgan fingerprint density at radius 2 is 1.90 bits per heavy atom. The monoisotopic (exact) mass is 298 g/mol. The molecule has 1 atom stereocenters. The number of nitrogens with one attached hydrogen (secondary N) is 1. The Kier molecular flexibility index (Phi) is 4.18. The van der Waals surface area contributed by atoms with Gasteiger partial charge in [0.25, 0.3) is 0 Å². The van der Waals surface area contributed by atoms with Crippen LogP contribution in [0.25, 0.3) is 11.3 Å². The number of aromatic amines is 1. The van der Waals surface area contributed by atoms with E-state index in [1.807, 2.05) is 30.3 Å². The molecule has 1 unspecified atom stereocenters. The molecule has 4 heteroatoms. The molecule has 0 amide bonds. The molecule has 0 aliphatic rings. The molecule has 0 radical (unpaired) electrons. The first kappa shape index (κ1) is 14.0. The average molecular weight is 298 g/mol. The summed E-state index contributed by atoms with van der Waals surface area (Å²) in [6, 6.07) is 14.2. The third kappa shape index (κ3) is 3.06. The molecule has 108 valence electrons. The molecular formula is C17H18N2OS. The highest BCUT2D eigenvalue weighted by atomic mass is 32.1. The van der Waals surface area contributed by atoms with Gasteiger partial charge in [-0.3, -0.25) is 5.10 Å². The lowest BCUT2D eigenvalue weighted by Crippen LogP contribution is -2.01. The van der Waals surface area contributed by atoms with E-state index >= 15 is 0 Å². The van der Waals surface area contributed by atoms with Crippen LogP contribution in [0.2, 0.25) is 0 Å². The van der Waals surface area contributed by atoms with Gasteiger partial charge in [0.05, 0.1) is 18.0 Å². The largest absolute Gasteiger partial charge is 0.388 e. The highest BCUT2D eigenvalue weighted by Crippen LogP contribution is 2.29. The van der Waals surface area contributed by atoms with Crippen LogP contribution in [0.4, 0.5) is 0 Å². The van der Waals surface area contributed by atoms with E-state index in [-0.39, 0.29) is 0 Å². The summed E-state index contributed by atoms with van der Waals surface area (Å²) >= 11 is 1.77. The summed E-state index contributed by atoms with van der Waals surface area (Å²) in [4.78, 5) is 2.56. The van der Waals surface area contributed by atoms with Gasteiger partial charge in [-0.1, -0.05) is 37.3 Å². The van der Waals surface area contributed by atoms with E-state index < -0.39 is 6.10 Å². The van der Waals surface area contributed by atoms with Crippen LogP contribution in [0.1, 0.15) is 28.3 Å². The van der Waals surface area contributed by atoms with E-state index in [0.29, 0.717) is 6.42 Å². The normalized spacial score (nSPS) is 12.5. The maximum Gasteiger partial charge on any atom is 0.0874 e. The standard InChI is InChI=1S/C17H18N2OS/c1-2-13-8-9-14(21-13)10-16(20)15-11-18-19-17(15)12-6-4-3-5-7-12/h3-9,11,16,20H,2,10H2,1H3,(H,18,19). The quantitative estimate of drug-likeness (QED) is 0.748. The minimum atomic E-state index is -0.540. The molecule has 1 aromatic carbocycles. The van der Waals surface area contributed by atoms with Crippen LogP contribution < -0.4 is 0 Å². The van der Waals surface area contributed by atoms with Crippen molar-refractivity contribution in [2.45, 2.75) is 25.9 Å². The van der Waals surface area contributed by atoms with Crippen molar-refractivity contribution < 1.29 is 5.11 Å². The van der Waals surface area contributed by atoms with Crippen LogP contribution in [0.3, 0.4) is 0 Å². The summed E-state index contributed by atoms with van der Waals surface area (Å²) in [7, 11) is 0. The van der Waals surface area contributed by atoms with Crippen LogP contribution in [-0.4, -0.2) is 15.3 Å². The van der Waals surface area contributed by atoms with E-state index in [0.717, 1.165) is 23.2 Å². The molecule has 0 spiro atoms. The highest BCUT2D eigenvalue weighted by Gasteiger charge is 2.17. The van der Waals surface area contributed by atoms with E-state index in [1.165, 1.54) is 9.75 Å². The Morgan fingerprint density at radius 1 is 1.14 bits per heavy atom. The van der Waals surface area contributed by atoms with Gasteiger partial charge in [0, 0.05) is 21.7 Å². The fraction of sp³-hybridized carbons (Fsp3) is 0.235. The smallest absolute Gasteiger partial charge is 0.0874 e. The molecule has 2 aromatic heterocycles. The van der Waals surface area contributed by atoms with Crippen molar-refractivity contribution in [1.82, 2.24) is 10.2 Å². The zero-order chi connectivity index (χ0) is 14.7. The SMILES string of the molecule is CCc1ccc(CC(O)c2cn[nH]c2-c2ccccc2)s1. The van der Waals surface area contributed by atoms with Crippen molar-refractivity contribution in [3.63, 3.8) is 0 Å². The lowest BCUT2D eigenvalue weighted by molar-refractivity contribution is 0.180. The fourth-order valence-electron chi connectivity index (χ4n) is 2.41. The summed E-state index contributed by atoms with van der Waals surface area (Å²) in [6.07, 6.45) is 2.86. The number of thiophene rings is 1. The van der Waals surface area contributed by atoms with Crippen LogP contribution in [0.15, 0.2) is 48.7 Å². The van der Waals surface area contributed by atoms with Gasteiger partial charge >= 0.3 is 0 Å². The summed E-state index contributed by atoms with van der Waals surface area (Å²) in [5.74, 6) is 0. The van der Waals surface area contributed by atoms with E-state index in [9.17, 15) is 5.11 Å². The Morgan fingerprint density at radius 3 is 2.62 bits per heavy atom. The Hall–Kier alpha value is -1.91. The van der Waals surface area contributed by atoms with Gasteiger partial charge in [-0.25, -0.2) is 0 Å². The number of aliphatic hydroxyl groups excluding tert-OH is 1. The first-order chi connectivity index (χ1) is 10.3. The van der Waals surface area contributed by atoms with Gasteiger partial charge in [0.15, 0.2) is 0 Å². The predicted molar refractivity (Wildman–Crippen MR) is 86.4 cm³/mol. The molecule has 0 saturated heterocycles. The maximum absolute atomic E-state index is 10.5. The lowest BCUT2D eigenvalue weighted by atomic mass is 10.0. The second-order valence-corrected chi connectivity index (χ2v) is 6.26. The van der Waals surface area contributed by atoms with Crippen LogP contribution in [0.5, 0.6) is 0 Å². The molecule has 0 bridgehead atoms.